The number of likely N-dealkylation sites (tertiary alicyclic amines) is 1. The lowest BCUT2D eigenvalue weighted by Gasteiger charge is -2.37. The van der Waals surface area contributed by atoms with Crippen molar-refractivity contribution in [2.24, 2.45) is 0 Å². The van der Waals surface area contributed by atoms with Gasteiger partial charge in [-0.15, -0.1) is 10.2 Å². The molecule has 2 aliphatic heterocycles. The van der Waals surface area contributed by atoms with Crippen LogP contribution in [0.3, 0.4) is 0 Å². The highest BCUT2D eigenvalue weighted by Gasteiger charge is 2.53. The summed E-state index contributed by atoms with van der Waals surface area (Å²) in [6, 6.07) is 13.4. The molecular weight excluding hydrogens is 478 g/mol. The van der Waals surface area contributed by atoms with Crippen molar-refractivity contribution in [1.82, 2.24) is 45.8 Å². The maximum absolute atomic E-state index is 13.5. The normalized spacial score (nSPS) is 16.8. The van der Waals surface area contributed by atoms with E-state index in [4.69, 9.17) is 0 Å². The van der Waals surface area contributed by atoms with Crippen LogP contribution in [0.1, 0.15) is 12.8 Å². The van der Waals surface area contributed by atoms with Crippen LogP contribution in [0.15, 0.2) is 61.1 Å². The molecule has 3 N–H and O–H groups in total. The highest BCUT2D eigenvalue weighted by Crippen LogP contribution is 2.33. The number of tetrazole rings is 1. The minimum absolute atomic E-state index is 0.282. The number of amides is 5. The summed E-state index contributed by atoms with van der Waals surface area (Å²) in [5.41, 5.74) is 2.06. The van der Waals surface area contributed by atoms with Crippen LogP contribution in [0.4, 0.5) is 21.0 Å². The Morgan fingerprint density at radius 2 is 1.84 bits per heavy atom. The molecule has 2 aromatic carbocycles. The first kappa shape index (κ1) is 22.3. The average Bonchev–Trinajstić information content (AvgIpc) is 3.68. The third kappa shape index (κ3) is 4.03. The molecule has 0 radical (unpaired) electrons. The van der Waals surface area contributed by atoms with Crippen molar-refractivity contribution in [2.45, 2.75) is 18.4 Å². The number of rotatable bonds is 4. The molecule has 37 heavy (non-hydrogen) atoms. The van der Waals surface area contributed by atoms with Gasteiger partial charge in [0.1, 0.15) is 17.6 Å². The number of hydrogen-bond donors (Lipinski definition) is 3. The van der Waals surface area contributed by atoms with E-state index in [1.165, 1.54) is 11.0 Å². The van der Waals surface area contributed by atoms with Gasteiger partial charge in [0.05, 0.1) is 11.4 Å². The van der Waals surface area contributed by atoms with E-state index in [1.807, 2.05) is 18.2 Å². The Morgan fingerprint density at radius 1 is 1.03 bits per heavy atom. The van der Waals surface area contributed by atoms with Crippen LogP contribution in [0.5, 0.6) is 0 Å². The average molecular weight is 499 g/mol. The molecule has 14 nitrogen and oxygen atoms in total. The first-order chi connectivity index (χ1) is 18.0. The summed E-state index contributed by atoms with van der Waals surface area (Å²) in [5, 5.41) is 27.2. The highest BCUT2D eigenvalue weighted by atomic mass is 16.2. The molecule has 2 aliphatic rings. The van der Waals surface area contributed by atoms with Crippen molar-refractivity contribution in [3.63, 3.8) is 0 Å². The van der Waals surface area contributed by atoms with Gasteiger partial charge >= 0.3 is 12.1 Å². The fraction of sp³-hybridized carbons (Fsp3) is 0.217. The summed E-state index contributed by atoms with van der Waals surface area (Å²) in [6.07, 6.45) is 3.70. The van der Waals surface area contributed by atoms with Gasteiger partial charge in [-0.1, -0.05) is 23.4 Å². The van der Waals surface area contributed by atoms with Crippen LogP contribution in [0.2, 0.25) is 0 Å². The van der Waals surface area contributed by atoms with Gasteiger partial charge in [0.2, 0.25) is 0 Å². The largest absolute Gasteiger partial charge is 0.329 e. The molecule has 6 rings (SSSR count). The van der Waals surface area contributed by atoms with Crippen LogP contribution < -0.4 is 15.5 Å². The van der Waals surface area contributed by atoms with E-state index in [0.29, 0.717) is 48.7 Å². The molecule has 4 aromatic rings. The van der Waals surface area contributed by atoms with Crippen molar-refractivity contribution < 1.29 is 14.4 Å². The van der Waals surface area contributed by atoms with Gasteiger partial charge < -0.3 is 15.5 Å². The number of anilines is 2. The monoisotopic (exact) mass is 499 g/mol. The lowest BCUT2D eigenvalue weighted by atomic mass is 9.87. The second-order valence-corrected chi connectivity index (χ2v) is 8.78. The van der Waals surface area contributed by atoms with Crippen LogP contribution in [0, 0.1) is 0 Å². The number of nitrogens with one attached hydrogen (secondary N) is 3. The fourth-order valence-corrected chi connectivity index (χ4v) is 4.64. The summed E-state index contributed by atoms with van der Waals surface area (Å²) in [5.74, 6) is -0.341. The Morgan fingerprint density at radius 3 is 2.59 bits per heavy atom. The number of hydrogen-bond acceptors (Lipinski definition) is 8. The molecule has 0 aliphatic carbocycles. The topological polar surface area (TPSA) is 167 Å². The molecule has 186 valence electrons. The van der Waals surface area contributed by atoms with Crippen molar-refractivity contribution in [2.75, 3.05) is 23.3 Å². The molecule has 14 heteroatoms. The SMILES string of the molecule is O=C(Nc1cccc(-c2c[nH]nn2)c1)N1CCC2(CC1)NC(=O)N(c1cccc(-n3cnnn3)c1)C2=O. The second kappa shape index (κ2) is 8.82. The number of piperidine rings is 1. The summed E-state index contributed by atoms with van der Waals surface area (Å²) < 4.78 is 1.44. The van der Waals surface area contributed by atoms with Crippen molar-refractivity contribution in [3.8, 4) is 16.9 Å². The van der Waals surface area contributed by atoms with E-state index < -0.39 is 11.6 Å². The zero-order valence-corrected chi connectivity index (χ0v) is 19.4. The van der Waals surface area contributed by atoms with E-state index in [0.717, 1.165) is 10.5 Å². The fourth-order valence-electron chi connectivity index (χ4n) is 4.64. The Balaban J connectivity index is 1.13. The quantitative estimate of drug-likeness (QED) is 0.356. The molecule has 1 spiro atoms. The molecule has 2 saturated heterocycles. The summed E-state index contributed by atoms with van der Waals surface area (Å²) >= 11 is 0. The molecule has 0 unspecified atom stereocenters. The third-order valence-electron chi connectivity index (χ3n) is 6.59. The van der Waals surface area contributed by atoms with Crippen LogP contribution in [-0.2, 0) is 4.79 Å². The molecule has 5 amide bonds. The number of aromatic amines is 1. The number of imide groups is 1. The zero-order chi connectivity index (χ0) is 25.4. The smallest absolute Gasteiger partial charge is 0.324 e. The minimum Gasteiger partial charge on any atom is -0.324 e. The van der Waals surface area contributed by atoms with Gasteiger partial charge in [0.15, 0.2) is 0 Å². The van der Waals surface area contributed by atoms with Gasteiger partial charge in [-0.2, -0.15) is 0 Å². The molecule has 4 heterocycles. The molecule has 2 aromatic heterocycles. The Bertz CT molecular complexity index is 1460. The maximum Gasteiger partial charge on any atom is 0.329 e. The Labute approximate surface area is 209 Å². The molecule has 0 atom stereocenters. The number of urea groups is 2. The van der Waals surface area contributed by atoms with Crippen molar-refractivity contribution in [3.05, 3.63) is 61.1 Å². The van der Waals surface area contributed by atoms with E-state index in [9.17, 15) is 14.4 Å². The number of aromatic nitrogens is 7. The minimum atomic E-state index is -1.06. The number of benzene rings is 2. The lowest BCUT2D eigenvalue weighted by molar-refractivity contribution is -0.123. The van der Waals surface area contributed by atoms with E-state index in [1.54, 1.807) is 41.4 Å². The Kier molecular flexibility index (Phi) is 5.32. The molecule has 0 bridgehead atoms. The first-order valence-corrected chi connectivity index (χ1v) is 11.6. The second-order valence-electron chi connectivity index (χ2n) is 8.78. The summed E-state index contributed by atoms with van der Waals surface area (Å²) in [6.45, 7) is 0.610. The van der Waals surface area contributed by atoms with E-state index in [-0.39, 0.29) is 11.9 Å². The maximum atomic E-state index is 13.5. The zero-order valence-electron chi connectivity index (χ0n) is 19.4. The van der Waals surface area contributed by atoms with Crippen LogP contribution in [0.25, 0.3) is 16.9 Å². The van der Waals surface area contributed by atoms with E-state index in [2.05, 4.69) is 41.6 Å². The number of carbonyl (C=O) groups excluding carboxylic acids is 3. The molecular formula is C23H21N11O3. The number of H-pyrrole nitrogens is 1. The lowest BCUT2D eigenvalue weighted by Crippen LogP contribution is -2.56. The molecule has 0 saturated carbocycles. The third-order valence-corrected chi connectivity index (χ3v) is 6.59. The van der Waals surface area contributed by atoms with Crippen LogP contribution in [-0.4, -0.2) is 77.1 Å². The van der Waals surface area contributed by atoms with Crippen LogP contribution >= 0.6 is 0 Å². The van der Waals surface area contributed by atoms with Crippen molar-refractivity contribution >= 4 is 29.3 Å². The van der Waals surface area contributed by atoms with E-state index >= 15 is 0 Å². The van der Waals surface area contributed by atoms with Gasteiger partial charge in [-0.05, 0) is 53.6 Å². The highest BCUT2D eigenvalue weighted by molar-refractivity contribution is 6.23. The van der Waals surface area contributed by atoms with Gasteiger partial charge in [-0.25, -0.2) is 19.2 Å². The van der Waals surface area contributed by atoms with Gasteiger partial charge in [0, 0.05) is 30.5 Å². The number of carbonyl (C=O) groups is 3. The molecule has 2 fully saturated rings. The summed E-state index contributed by atoms with van der Waals surface area (Å²) in [7, 11) is 0. The summed E-state index contributed by atoms with van der Waals surface area (Å²) in [4.78, 5) is 42.1. The van der Waals surface area contributed by atoms with Gasteiger partial charge in [-0.3, -0.25) is 9.89 Å². The first-order valence-electron chi connectivity index (χ1n) is 11.6. The standard InChI is InChI=1S/C23H21N11O3/c35-20-23(27-22(37)34(20)18-6-2-5-17(12-18)33-14-25-30-31-33)7-9-32(10-8-23)21(36)26-16-4-1-3-15(11-16)19-13-24-29-28-19/h1-6,11-14H,7-10H2,(H,26,36)(H,27,37)(H,24,28,29). The van der Waals surface area contributed by atoms with Crippen molar-refractivity contribution in [1.29, 1.82) is 0 Å². The Hall–Kier alpha value is -5.14. The van der Waals surface area contributed by atoms with Gasteiger partial charge in [0.25, 0.3) is 5.91 Å². The predicted molar refractivity (Wildman–Crippen MR) is 130 cm³/mol. The number of nitrogens with zero attached hydrogens (tertiary/aromatic N) is 8. The predicted octanol–water partition coefficient (Wildman–Crippen LogP) is 1.57.